The van der Waals surface area contributed by atoms with E-state index < -0.39 is 12.0 Å². The molecule has 0 radical (unpaired) electrons. The summed E-state index contributed by atoms with van der Waals surface area (Å²) < 4.78 is 0. The zero-order valence-electron chi connectivity index (χ0n) is 17.8. The van der Waals surface area contributed by atoms with Crippen molar-refractivity contribution < 1.29 is 19.5 Å². The van der Waals surface area contributed by atoms with Crippen LogP contribution in [0.5, 0.6) is 0 Å². The zero-order chi connectivity index (χ0) is 23.0. The second kappa shape index (κ2) is 8.22. The molecule has 3 aromatic rings. The summed E-state index contributed by atoms with van der Waals surface area (Å²) in [7, 11) is 3.30. The number of nitrogens with zero attached hydrogens (tertiary/aromatic N) is 3. The van der Waals surface area contributed by atoms with E-state index in [0.29, 0.717) is 22.8 Å². The minimum Gasteiger partial charge on any atom is -0.481 e. The summed E-state index contributed by atoms with van der Waals surface area (Å²) in [6.45, 7) is 0.551. The molecule has 10 heteroatoms. The van der Waals surface area contributed by atoms with Crippen LogP contribution in [-0.2, 0) is 22.7 Å². The quantitative estimate of drug-likeness (QED) is 0.445. The smallest absolute Gasteiger partial charge is 0.305 e. The third kappa shape index (κ3) is 4.20. The number of anilines is 2. The molecule has 1 aliphatic heterocycles. The van der Waals surface area contributed by atoms with Crippen molar-refractivity contribution in [3.63, 3.8) is 0 Å². The second-order valence-electron chi connectivity index (χ2n) is 7.98. The van der Waals surface area contributed by atoms with Gasteiger partial charge in [0.05, 0.1) is 24.0 Å². The monoisotopic (exact) mass is 436 g/mol. The Labute approximate surface area is 184 Å². The van der Waals surface area contributed by atoms with Gasteiger partial charge >= 0.3 is 5.97 Å². The summed E-state index contributed by atoms with van der Waals surface area (Å²) in [6, 6.07) is 9.63. The fourth-order valence-electron chi connectivity index (χ4n) is 3.83. The lowest BCUT2D eigenvalue weighted by Gasteiger charge is -2.19. The molecule has 2 heterocycles. The van der Waals surface area contributed by atoms with E-state index in [1.165, 1.54) is 4.90 Å². The fourth-order valence-corrected chi connectivity index (χ4v) is 3.83. The van der Waals surface area contributed by atoms with Crippen molar-refractivity contribution in [2.24, 2.45) is 0 Å². The van der Waals surface area contributed by atoms with Gasteiger partial charge in [0.1, 0.15) is 11.9 Å². The maximum absolute atomic E-state index is 13.0. The zero-order valence-corrected chi connectivity index (χ0v) is 17.8. The number of carbonyl (C=O) groups is 3. The number of aromatic nitrogens is 2. The van der Waals surface area contributed by atoms with E-state index in [2.05, 4.69) is 15.3 Å². The summed E-state index contributed by atoms with van der Waals surface area (Å²) in [6.07, 6.45) is -0.324. The SMILES string of the molecule is CN(Cc1nc2ccc(N)cc2[nH]1)C(=O)c1ccc2c(c1)CN(C)C(=O)[C@H](CC(=O)O)N2. The normalized spacial score (nSPS) is 15.8. The number of benzene rings is 2. The lowest BCUT2D eigenvalue weighted by Crippen LogP contribution is -2.39. The molecule has 0 fully saturated rings. The summed E-state index contributed by atoms with van der Waals surface area (Å²) >= 11 is 0. The highest BCUT2D eigenvalue weighted by atomic mass is 16.4. The van der Waals surface area contributed by atoms with Crippen molar-refractivity contribution in [1.29, 1.82) is 0 Å². The van der Waals surface area contributed by atoms with Crippen LogP contribution < -0.4 is 11.1 Å². The first kappa shape index (κ1) is 21.2. The maximum atomic E-state index is 13.0. The Hall–Kier alpha value is -4.08. The van der Waals surface area contributed by atoms with Gasteiger partial charge in [-0.25, -0.2) is 4.98 Å². The predicted molar refractivity (Wildman–Crippen MR) is 119 cm³/mol. The molecule has 1 atom stereocenters. The number of aromatic amines is 1. The molecule has 10 nitrogen and oxygen atoms in total. The molecule has 1 aliphatic rings. The van der Waals surface area contributed by atoms with Crippen LogP contribution in [0, 0.1) is 0 Å². The van der Waals surface area contributed by atoms with Crippen LogP contribution in [0.1, 0.15) is 28.2 Å². The van der Waals surface area contributed by atoms with Crippen molar-refractivity contribution in [3.05, 3.63) is 53.3 Å². The van der Waals surface area contributed by atoms with Gasteiger partial charge in [-0.2, -0.15) is 0 Å². The molecule has 166 valence electrons. The number of nitrogens with two attached hydrogens (primary N) is 1. The molecular weight excluding hydrogens is 412 g/mol. The lowest BCUT2D eigenvalue weighted by molar-refractivity contribution is -0.141. The number of amides is 2. The van der Waals surface area contributed by atoms with Crippen LogP contribution >= 0.6 is 0 Å². The molecule has 2 aromatic carbocycles. The van der Waals surface area contributed by atoms with Crippen molar-refractivity contribution in [2.75, 3.05) is 25.1 Å². The van der Waals surface area contributed by atoms with Gasteiger partial charge in [0, 0.05) is 37.6 Å². The van der Waals surface area contributed by atoms with Crippen LogP contribution in [-0.4, -0.2) is 62.8 Å². The first-order valence-corrected chi connectivity index (χ1v) is 10.1. The molecule has 32 heavy (non-hydrogen) atoms. The van der Waals surface area contributed by atoms with Crippen LogP contribution in [0.15, 0.2) is 36.4 Å². The van der Waals surface area contributed by atoms with Gasteiger partial charge < -0.3 is 30.9 Å². The number of nitrogens with one attached hydrogen (secondary N) is 2. The van der Waals surface area contributed by atoms with E-state index in [0.717, 1.165) is 16.6 Å². The molecule has 5 N–H and O–H groups in total. The number of carboxylic acid groups (broad SMARTS) is 1. The number of nitrogen functional groups attached to an aromatic ring is 1. The number of aliphatic carboxylic acids is 1. The van der Waals surface area contributed by atoms with Crippen molar-refractivity contribution in [1.82, 2.24) is 19.8 Å². The summed E-state index contributed by atoms with van der Waals surface area (Å²) in [4.78, 5) is 47.3. The highest BCUT2D eigenvalue weighted by molar-refractivity contribution is 5.95. The first-order chi connectivity index (χ1) is 15.2. The molecule has 0 aliphatic carbocycles. The number of hydrogen-bond donors (Lipinski definition) is 4. The highest BCUT2D eigenvalue weighted by Gasteiger charge is 2.29. The van der Waals surface area contributed by atoms with Gasteiger partial charge in [-0.15, -0.1) is 0 Å². The molecule has 2 amide bonds. The van der Waals surface area contributed by atoms with E-state index in [1.54, 1.807) is 49.3 Å². The van der Waals surface area contributed by atoms with Crippen LogP contribution in [0.25, 0.3) is 11.0 Å². The number of likely N-dealkylation sites (N-methyl/N-ethyl adjacent to an activating group) is 1. The van der Waals surface area contributed by atoms with E-state index in [9.17, 15) is 14.4 Å². The second-order valence-corrected chi connectivity index (χ2v) is 7.98. The van der Waals surface area contributed by atoms with Gasteiger partial charge in [-0.1, -0.05) is 0 Å². The summed E-state index contributed by atoms with van der Waals surface area (Å²) in [5.74, 6) is -0.929. The number of fused-ring (bicyclic) bond motifs is 2. The summed E-state index contributed by atoms with van der Waals surface area (Å²) in [5, 5.41) is 12.1. The number of carbonyl (C=O) groups excluding carboxylic acids is 2. The minimum absolute atomic E-state index is 0.201. The van der Waals surface area contributed by atoms with E-state index in [-0.39, 0.29) is 31.3 Å². The average molecular weight is 436 g/mol. The molecular formula is C22H24N6O4. The third-order valence-electron chi connectivity index (χ3n) is 5.43. The molecule has 0 bridgehead atoms. The Bertz CT molecular complexity index is 1220. The Morgan fingerprint density at radius 2 is 2.06 bits per heavy atom. The topological polar surface area (TPSA) is 145 Å². The van der Waals surface area contributed by atoms with Crippen molar-refractivity contribution in [3.8, 4) is 0 Å². The molecule has 0 unspecified atom stereocenters. The number of H-pyrrole nitrogens is 1. The van der Waals surface area contributed by atoms with Crippen LogP contribution in [0.4, 0.5) is 11.4 Å². The van der Waals surface area contributed by atoms with Gasteiger partial charge in [-0.05, 0) is 42.0 Å². The van der Waals surface area contributed by atoms with Crippen molar-refractivity contribution in [2.45, 2.75) is 25.6 Å². The predicted octanol–water partition coefficient (Wildman–Crippen LogP) is 1.64. The van der Waals surface area contributed by atoms with Crippen LogP contribution in [0.3, 0.4) is 0 Å². The molecule has 1 aromatic heterocycles. The van der Waals surface area contributed by atoms with E-state index in [1.807, 2.05) is 6.07 Å². The number of carboxylic acids is 1. The fraction of sp³-hybridized carbons (Fsp3) is 0.273. The van der Waals surface area contributed by atoms with Gasteiger partial charge in [-0.3, -0.25) is 14.4 Å². The highest BCUT2D eigenvalue weighted by Crippen LogP contribution is 2.25. The molecule has 4 rings (SSSR count). The van der Waals surface area contributed by atoms with Gasteiger partial charge in [0.25, 0.3) is 5.91 Å². The van der Waals surface area contributed by atoms with Gasteiger partial charge in [0.15, 0.2) is 0 Å². The minimum atomic E-state index is -1.06. The Morgan fingerprint density at radius 3 is 2.81 bits per heavy atom. The van der Waals surface area contributed by atoms with Crippen LogP contribution in [0.2, 0.25) is 0 Å². The number of imidazole rings is 1. The largest absolute Gasteiger partial charge is 0.481 e. The number of rotatable bonds is 5. The van der Waals surface area contributed by atoms with E-state index in [4.69, 9.17) is 10.8 Å². The van der Waals surface area contributed by atoms with Gasteiger partial charge in [0.2, 0.25) is 5.91 Å². The standard InChI is InChI=1S/C22H24N6O4/c1-27-10-13-7-12(3-5-15(13)24-18(22(27)32)9-20(29)30)21(31)28(2)11-19-25-16-6-4-14(23)8-17(16)26-19/h3-8,18,24H,9-11,23H2,1-2H3,(H,25,26)(H,29,30)/t18-/m0/s1. The summed E-state index contributed by atoms with van der Waals surface area (Å²) in [5.41, 5.74) is 9.86. The Balaban J connectivity index is 1.53. The molecule has 0 saturated carbocycles. The third-order valence-corrected chi connectivity index (χ3v) is 5.43. The Kier molecular flexibility index (Phi) is 5.43. The molecule has 0 spiro atoms. The van der Waals surface area contributed by atoms with E-state index >= 15 is 0 Å². The van der Waals surface area contributed by atoms with Crippen molar-refractivity contribution >= 4 is 40.2 Å². The Morgan fingerprint density at radius 1 is 1.28 bits per heavy atom. The number of hydrogen-bond acceptors (Lipinski definition) is 6. The molecule has 0 saturated heterocycles. The maximum Gasteiger partial charge on any atom is 0.305 e. The average Bonchev–Trinajstić information content (AvgIpc) is 3.09. The first-order valence-electron chi connectivity index (χ1n) is 10.1. The lowest BCUT2D eigenvalue weighted by atomic mass is 10.1.